The zero-order valence-corrected chi connectivity index (χ0v) is 20.3. The van der Waals surface area contributed by atoms with Crippen molar-refractivity contribution in [2.75, 3.05) is 42.2 Å². The van der Waals surface area contributed by atoms with Crippen LogP contribution in [-0.2, 0) is 10.2 Å². The van der Waals surface area contributed by atoms with Crippen molar-refractivity contribution in [3.63, 3.8) is 0 Å². The Morgan fingerprint density at radius 2 is 1.45 bits per heavy atom. The van der Waals surface area contributed by atoms with Crippen molar-refractivity contribution >= 4 is 0 Å². The SMILES string of the molecule is CCCOc1c(C#N)cc(C2(c3cc(OC)c(OC)c(OC)c3)CCCC2OC)cc1OC. The predicted octanol–water partition coefficient (Wildman–Crippen LogP) is 4.87. The minimum absolute atomic E-state index is 0.112. The summed E-state index contributed by atoms with van der Waals surface area (Å²) >= 11 is 0. The number of nitrogens with zero attached hydrogens (tertiary/aromatic N) is 1. The lowest BCUT2D eigenvalue weighted by Crippen LogP contribution is -2.37. The van der Waals surface area contributed by atoms with Crippen molar-refractivity contribution in [1.82, 2.24) is 0 Å². The first-order valence-corrected chi connectivity index (χ1v) is 11.1. The average molecular weight is 456 g/mol. The molecule has 3 rings (SSSR count). The summed E-state index contributed by atoms with van der Waals surface area (Å²) in [7, 11) is 8.11. The average Bonchev–Trinajstić information content (AvgIpc) is 3.30. The molecule has 178 valence electrons. The van der Waals surface area contributed by atoms with Gasteiger partial charge in [-0.15, -0.1) is 0 Å². The monoisotopic (exact) mass is 455 g/mol. The maximum Gasteiger partial charge on any atom is 0.203 e. The third-order valence-electron chi connectivity index (χ3n) is 6.41. The zero-order chi connectivity index (χ0) is 24.0. The van der Waals surface area contributed by atoms with E-state index in [9.17, 15) is 5.26 Å². The van der Waals surface area contributed by atoms with Crippen molar-refractivity contribution in [1.29, 1.82) is 5.26 Å². The van der Waals surface area contributed by atoms with Gasteiger partial charge in [0, 0.05) is 12.5 Å². The van der Waals surface area contributed by atoms with Crippen molar-refractivity contribution in [3.05, 3.63) is 41.0 Å². The zero-order valence-electron chi connectivity index (χ0n) is 20.3. The molecule has 0 bridgehead atoms. The minimum atomic E-state index is -0.538. The van der Waals surface area contributed by atoms with E-state index in [2.05, 4.69) is 6.07 Å². The van der Waals surface area contributed by atoms with Crippen LogP contribution in [0.4, 0.5) is 0 Å². The normalized spacial score (nSPS) is 19.6. The Labute approximate surface area is 196 Å². The molecule has 0 radical (unpaired) electrons. The lowest BCUT2D eigenvalue weighted by atomic mass is 9.70. The van der Waals surface area contributed by atoms with E-state index >= 15 is 0 Å². The Hall–Kier alpha value is -3.11. The van der Waals surface area contributed by atoms with E-state index in [0.717, 1.165) is 36.8 Å². The van der Waals surface area contributed by atoms with Gasteiger partial charge in [-0.1, -0.05) is 6.92 Å². The number of benzene rings is 2. The summed E-state index contributed by atoms with van der Waals surface area (Å²) in [5.74, 6) is 2.68. The van der Waals surface area contributed by atoms with E-state index in [0.29, 0.717) is 40.9 Å². The minimum Gasteiger partial charge on any atom is -0.493 e. The van der Waals surface area contributed by atoms with Crippen molar-refractivity contribution in [3.8, 4) is 34.8 Å². The summed E-state index contributed by atoms with van der Waals surface area (Å²) in [6, 6.07) is 10.1. The summed E-state index contributed by atoms with van der Waals surface area (Å²) < 4.78 is 34.4. The second kappa shape index (κ2) is 10.7. The van der Waals surface area contributed by atoms with Crippen LogP contribution in [0.1, 0.15) is 49.3 Å². The van der Waals surface area contributed by atoms with E-state index in [1.165, 1.54) is 0 Å². The van der Waals surface area contributed by atoms with Crippen LogP contribution in [0.15, 0.2) is 24.3 Å². The molecule has 0 saturated heterocycles. The fourth-order valence-corrected chi connectivity index (χ4v) is 4.91. The Morgan fingerprint density at radius 3 is 1.94 bits per heavy atom. The summed E-state index contributed by atoms with van der Waals surface area (Å²) in [6.07, 6.45) is 3.39. The van der Waals surface area contributed by atoms with Gasteiger partial charge in [0.2, 0.25) is 5.75 Å². The third kappa shape index (κ3) is 4.28. The summed E-state index contributed by atoms with van der Waals surface area (Å²) in [5, 5.41) is 9.94. The molecule has 0 aliphatic heterocycles. The molecule has 0 aromatic heterocycles. The standard InChI is InChI=1S/C26H33NO6/c1-7-11-33-24-17(16-27)12-18(13-20(24)28-2)26(10-8-9-23(26)31-5)19-14-21(29-3)25(32-6)22(15-19)30-4/h12-15,23H,7-11H2,1-6H3. The molecule has 0 N–H and O–H groups in total. The number of methoxy groups -OCH3 is 5. The summed E-state index contributed by atoms with van der Waals surface area (Å²) in [6.45, 7) is 2.52. The quantitative estimate of drug-likeness (QED) is 0.506. The Balaban J connectivity index is 2.31. The molecule has 0 spiro atoms. The maximum atomic E-state index is 9.94. The summed E-state index contributed by atoms with van der Waals surface area (Å²) in [5.41, 5.74) is 1.79. The number of hydrogen-bond donors (Lipinski definition) is 0. The van der Waals surface area contributed by atoms with Crippen LogP contribution < -0.4 is 23.7 Å². The number of ether oxygens (including phenoxy) is 6. The van der Waals surface area contributed by atoms with Crippen LogP contribution >= 0.6 is 0 Å². The van der Waals surface area contributed by atoms with Crippen molar-refractivity contribution in [2.45, 2.75) is 44.1 Å². The lowest BCUT2D eigenvalue weighted by molar-refractivity contribution is 0.0668. The van der Waals surface area contributed by atoms with Gasteiger partial charge in [0.15, 0.2) is 23.0 Å². The third-order valence-corrected chi connectivity index (χ3v) is 6.41. The van der Waals surface area contributed by atoms with Gasteiger partial charge >= 0.3 is 0 Å². The van der Waals surface area contributed by atoms with Crippen LogP contribution in [0.25, 0.3) is 0 Å². The van der Waals surface area contributed by atoms with Gasteiger partial charge in [-0.2, -0.15) is 5.26 Å². The molecule has 1 aliphatic carbocycles. The second-order valence-corrected chi connectivity index (χ2v) is 8.02. The highest BCUT2D eigenvalue weighted by Crippen LogP contribution is 2.53. The topological polar surface area (TPSA) is 79.2 Å². The van der Waals surface area contributed by atoms with Crippen LogP contribution in [0.2, 0.25) is 0 Å². The molecule has 1 saturated carbocycles. The van der Waals surface area contributed by atoms with Gasteiger partial charge in [0.05, 0.1) is 46.7 Å². The molecule has 2 aromatic carbocycles. The number of rotatable bonds is 10. The van der Waals surface area contributed by atoms with Gasteiger partial charge in [-0.25, -0.2) is 0 Å². The molecule has 0 amide bonds. The maximum absolute atomic E-state index is 9.94. The van der Waals surface area contributed by atoms with Gasteiger partial charge in [0.25, 0.3) is 0 Å². The van der Waals surface area contributed by atoms with Crippen molar-refractivity contribution < 1.29 is 28.4 Å². The van der Waals surface area contributed by atoms with Gasteiger partial charge in [-0.05, 0) is 61.1 Å². The molecular weight excluding hydrogens is 422 g/mol. The fraction of sp³-hybridized carbons (Fsp3) is 0.500. The summed E-state index contributed by atoms with van der Waals surface area (Å²) in [4.78, 5) is 0. The molecule has 7 nitrogen and oxygen atoms in total. The highest BCUT2D eigenvalue weighted by atomic mass is 16.5. The Bertz CT molecular complexity index is 990. The van der Waals surface area contributed by atoms with Crippen LogP contribution in [0, 0.1) is 11.3 Å². The number of hydrogen-bond acceptors (Lipinski definition) is 7. The van der Waals surface area contributed by atoms with E-state index in [1.807, 2.05) is 31.2 Å². The first-order valence-electron chi connectivity index (χ1n) is 11.1. The fourth-order valence-electron chi connectivity index (χ4n) is 4.91. The molecule has 33 heavy (non-hydrogen) atoms. The van der Waals surface area contributed by atoms with Crippen LogP contribution in [-0.4, -0.2) is 48.3 Å². The molecule has 2 atom stereocenters. The molecule has 2 aromatic rings. The van der Waals surface area contributed by atoms with Crippen LogP contribution in [0.3, 0.4) is 0 Å². The van der Waals surface area contributed by atoms with E-state index < -0.39 is 5.41 Å². The first-order chi connectivity index (χ1) is 16.0. The molecule has 7 heteroatoms. The van der Waals surface area contributed by atoms with E-state index in [-0.39, 0.29) is 6.10 Å². The highest BCUT2D eigenvalue weighted by Gasteiger charge is 2.47. The molecule has 1 aliphatic rings. The van der Waals surface area contributed by atoms with Gasteiger partial charge < -0.3 is 28.4 Å². The molecule has 0 heterocycles. The second-order valence-electron chi connectivity index (χ2n) is 8.02. The van der Waals surface area contributed by atoms with Crippen molar-refractivity contribution in [2.24, 2.45) is 0 Å². The molecule has 2 unspecified atom stereocenters. The smallest absolute Gasteiger partial charge is 0.203 e. The van der Waals surface area contributed by atoms with E-state index in [1.54, 1.807) is 35.5 Å². The highest BCUT2D eigenvalue weighted by molar-refractivity contribution is 5.61. The lowest BCUT2D eigenvalue weighted by Gasteiger charge is -2.37. The first kappa shape index (κ1) is 24.5. The Morgan fingerprint density at radius 1 is 0.879 bits per heavy atom. The predicted molar refractivity (Wildman–Crippen MR) is 125 cm³/mol. The van der Waals surface area contributed by atoms with Crippen LogP contribution in [0.5, 0.6) is 28.7 Å². The Kier molecular flexibility index (Phi) is 7.93. The number of nitriles is 1. The molecule has 1 fully saturated rings. The van der Waals surface area contributed by atoms with E-state index in [4.69, 9.17) is 28.4 Å². The molecular formula is C26H33NO6. The van der Waals surface area contributed by atoms with Gasteiger partial charge in [0.1, 0.15) is 6.07 Å². The largest absolute Gasteiger partial charge is 0.493 e. The van der Waals surface area contributed by atoms with Gasteiger partial charge in [-0.3, -0.25) is 0 Å².